The van der Waals surface area contributed by atoms with Crippen LogP contribution in [-0.2, 0) is 21.3 Å². The second-order valence-electron chi connectivity index (χ2n) is 7.07. The molecule has 33 heavy (non-hydrogen) atoms. The summed E-state index contributed by atoms with van der Waals surface area (Å²) < 4.78 is 34.2. The average molecular weight is 465 g/mol. The van der Waals surface area contributed by atoms with Crippen molar-refractivity contribution in [3.8, 4) is 11.3 Å². The van der Waals surface area contributed by atoms with Crippen LogP contribution < -0.4 is 4.72 Å². The second-order valence-corrected chi connectivity index (χ2v) is 8.76. The summed E-state index contributed by atoms with van der Waals surface area (Å²) in [6.45, 7) is 2.41. The van der Waals surface area contributed by atoms with Gasteiger partial charge in [0.15, 0.2) is 5.65 Å². The molecule has 0 aliphatic rings. The predicted octanol–water partition coefficient (Wildman–Crippen LogP) is 3.02. The number of carbonyl (C=O) groups excluding carboxylic acids is 2. The molecule has 0 aliphatic carbocycles. The minimum absolute atomic E-state index is 0.0507. The number of amides is 1. The molecule has 9 nitrogen and oxygen atoms in total. The van der Waals surface area contributed by atoms with Crippen LogP contribution in [0.2, 0.25) is 0 Å². The monoisotopic (exact) mass is 464 g/mol. The van der Waals surface area contributed by atoms with Crippen molar-refractivity contribution in [3.05, 3.63) is 78.0 Å². The van der Waals surface area contributed by atoms with E-state index in [9.17, 15) is 18.0 Å². The van der Waals surface area contributed by atoms with Crippen LogP contribution in [0.5, 0.6) is 0 Å². The quantitative estimate of drug-likeness (QED) is 0.436. The maximum atomic E-state index is 13.2. The van der Waals surface area contributed by atoms with Gasteiger partial charge in [-0.3, -0.25) is 4.79 Å². The van der Waals surface area contributed by atoms with Crippen LogP contribution in [-0.4, -0.2) is 42.2 Å². The number of aryl methyl sites for hydroxylation is 1. The first kappa shape index (κ1) is 22.2. The Bertz CT molecular complexity index is 1460. The molecule has 0 aliphatic heterocycles. The maximum absolute atomic E-state index is 13.2. The van der Waals surface area contributed by atoms with Gasteiger partial charge in [0, 0.05) is 12.1 Å². The lowest BCUT2D eigenvalue weighted by Crippen LogP contribution is -2.31. The molecule has 1 amide bonds. The van der Waals surface area contributed by atoms with Gasteiger partial charge >= 0.3 is 5.97 Å². The van der Waals surface area contributed by atoms with Gasteiger partial charge in [0.2, 0.25) is 0 Å². The Labute approximate surface area is 190 Å². The minimum Gasteiger partial charge on any atom is -0.465 e. The van der Waals surface area contributed by atoms with Crippen molar-refractivity contribution in [2.75, 3.05) is 7.11 Å². The fourth-order valence-electron chi connectivity index (χ4n) is 3.37. The first-order valence-corrected chi connectivity index (χ1v) is 11.5. The Kier molecular flexibility index (Phi) is 5.93. The Hall–Kier alpha value is -4.05. The van der Waals surface area contributed by atoms with Gasteiger partial charge in [0.25, 0.3) is 15.9 Å². The van der Waals surface area contributed by atoms with Crippen LogP contribution in [0.15, 0.2) is 71.8 Å². The maximum Gasteiger partial charge on any atom is 0.337 e. The topological polar surface area (TPSA) is 120 Å². The third kappa shape index (κ3) is 4.33. The Balaban J connectivity index is 1.77. The van der Waals surface area contributed by atoms with Gasteiger partial charge in [0.1, 0.15) is 0 Å². The molecule has 0 radical (unpaired) electrons. The molecule has 0 bridgehead atoms. The van der Waals surface area contributed by atoms with Gasteiger partial charge in [0.05, 0.1) is 40.4 Å². The van der Waals surface area contributed by atoms with E-state index in [1.54, 1.807) is 4.68 Å². The number of methoxy groups -OCH3 is 1. The standard InChI is InChI=1S/C23H20N4O5S/c1-3-27-21-19(14-24-27)18(13-20(25-21)15-8-5-4-6-9-15)22(28)26-33(30,31)17-11-7-10-16(12-17)23(29)32-2/h4-14H,3H2,1-2H3,(H,26,28). The lowest BCUT2D eigenvalue weighted by molar-refractivity contribution is 0.0600. The summed E-state index contributed by atoms with van der Waals surface area (Å²) in [6.07, 6.45) is 1.49. The first-order valence-electron chi connectivity index (χ1n) is 10.0. The third-order valence-electron chi connectivity index (χ3n) is 5.02. The highest BCUT2D eigenvalue weighted by atomic mass is 32.2. The number of rotatable bonds is 6. The van der Waals surface area contributed by atoms with Gasteiger partial charge in [-0.25, -0.2) is 27.6 Å². The van der Waals surface area contributed by atoms with Crippen molar-refractivity contribution in [3.63, 3.8) is 0 Å². The van der Waals surface area contributed by atoms with Crippen LogP contribution in [0.1, 0.15) is 27.6 Å². The van der Waals surface area contributed by atoms with Crippen molar-refractivity contribution >= 4 is 32.9 Å². The van der Waals surface area contributed by atoms with E-state index in [-0.39, 0.29) is 16.0 Å². The smallest absolute Gasteiger partial charge is 0.337 e. The lowest BCUT2D eigenvalue weighted by atomic mass is 10.1. The minimum atomic E-state index is -4.27. The van der Waals surface area contributed by atoms with Crippen molar-refractivity contribution in [2.45, 2.75) is 18.4 Å². The van der Waals surface area contributed by atoms with Crippen molar-refractivity contribution in [2.24, 2.45) is 0 Å². The molecule has 1 N–H and O–H groups in total. The zero-order valence-electron chi connectivity index (χ0n) is 17.8. The number of nitrogens with one attached hydrogen (secondary N) is 1. The zero-order valence-corrected chi connectivity index (χ0v) is 18.7. The largest absolute Gasteiger partial charge is 0.465 e. The van der Waals surface area contributed by atoms with E-state index < -0.39 is 21.9 Å². The van der Waals surface area contributed by atoms with Crippen molar-refractivity contribution in [1.29, 1.82) is 0 Å². The van der Waals surface area contributed by atoms with E-state index in [0.29, 0.717) is 23.3 Å². The molecule has 0 atom stereocenters. The molecule has 0 fully saturated rings. The molecular weight excluding hydrogens is 444 g/mol. The highest BCUT2D eigenvalue weighted by Crippen LogP contribution is 2.25. The van der Waals surface area contributed by atoms with Crippen molar-refractivity contribution < 1.29 is 22.7 Å². The number of ether oxygens (including phenoxy) is 1. The summed E-state index contributed by atoms with van der Waals surface area (Å²) in [5, 5.41) is 4.68. The predicted molar refractivity (Wildman–Crippen MR) is 121 cm³/mol. The Morgan fingerprint density at radius 1 is 1.06 bits per heavy atom. The molecule has 0 saturated heterocycles. The molecule has 2 aromatic carbocycles. The van der Waals surface area contributed by atoms with Gasteiger partial charge < -0.3 is 4.74 Å². The molecule has 0 spiro atoms. The Morgan fingerprint density at radius 2 is 1.82 bits per heavy atom. The molecule has 10 heteroatoms. The first-order chi connectivity index (χ1) is 15.8. The number of pyridine rings is 1. The second kappa shape index (κ2) is 8.83. The molecule has 2 heterocycles. The number of hydrogen-bond acceptors (Lipinski definition) is 7. The van der Waals surface area contributed by atoms with Gasteiger partial charge in [-0.05, 0) is 31.2 Å². The summed E-state index contributed by atoms with van der Waals surface area (Å²) in [5.41, 5.74) is 1.91. The average Bonchev–Trinajstić information content (AvgIpc) is 3.26. The summed E-state index contributed by atoms with van der Waals surface area (Å²) >= 11 is 0. The number of hydrogen-bond donors (Lipinski definition) is 1. The number of fused-ring (bicyclic) bond motifs is 1. The fraction of sp³-hybridized carbons (Fsp3) is 0.130. The number of nitrogens with zero attached hydrogens (tertiary/aromatic N) is 3. The number of esters is 1. The van der Waals surface area contributed by atoms with E-state index in [4.69, 9.17) is 0 Å². The highest BCUT2D eigenvalue weighted by Gasteiger charge is 2.23. The van der Waals surface area contributed by atoms with Gasteiger partial charge in [-0.15, -0.1) is 0 Å². The Morgan fingerprint density at radius 3 is 2.52 bits per heavy atom. The molecule has 4 rings (SSSR count). The molecule has 168 valence electrons. The highest BCUT2D eigenvalue weighted by molar-refractivity contribution is 7.90. The summed E-state index contributed by atoms with van der Waals surface area (Å²) in [6, 6.07) is 16.0. The summed E-state index contributed by atoms with van der Waals surface area (Å²) in [7, 11) is -3.08. The number of sulfonamides is 1. The third-order valence-corrected chi connectivity index (χ3v) is 6.34. The van der Waals surface area contributed by atoms with Crippen LogP contribution >= 0.6 is 0 Å². The van der Waals surface area contributed by atoms with Crippen LogP contribution in [0.4, 0.5) is 0 Å². The van der Waals surface area contributed by atoms with E-state index in [0.717, 1.165) is 11.6 Å². The molecule has 2 aromatic heterocycles. The molecule has 0 unspecified atom stereocenters. The van der Waals surface area contributed by atoms with Gasteiger partial charge in [-0.1, -0.05) is 36.4 Å². The normalized spacial score (nSPS) is 11.3. The van der Waals surface area contributed by atoms with E-state index in [1.807, 2.05) is 37.3 Å². The number of benzene rings is 2. The lowest BCUT2D eigenvalue weighted by Gasteiger charge is -2.10. The zero-order chi connectivity index (χ0) is 23.6. The summed E-state index contributed by atoms with van der Waals surface area (Å²) in [4.78, 5) is 29.3. The van der Waals surface area contributed by atoms with Crippen LogP contribution in [0.25, 0.3) is 22.3 Å². The van der Waals surface area contributed by atoms with E-state index in [2.05, 4.69) is 19.5 Å². The SMILES string of the molecule is CCn1ncc2c(C(=O)NS(=O)(=O)c3cccc(C(=O)OC)c3)cc(-c3ccccc3)nc21. The van der Waals surface area contributed by atoms with E-state index >= 15 is 0 Å². The van der Waals surface area contributed by atoms with E-state index in [1.165, 1.54) is 37.6 Å². The van der Waals surface area contributed by atoms with Gasteiger partial charge in [-0.2, -0.15) is 5.10 Å². The van der Waals surface area contributed by atoms with Crippen LogP contribution in [0, 0.1) is 0 Å². The summed E-state index contributed by atoms with van der Waals surface area (Å²) in [5.74, 6) is -1.52. The fourth-order valence-corrected chi connectivity index (χ4v) is 4.38. The number of aromatic nitrogens is 3. The molecule has 4 aromatic rings. The van der Waals surface area contributed by atoms with Crippen molar-refractivity contribution in [1.82, 2.24) is 19.5 Å². The molecule has 0 saturated carbocycles. The number of carbonyl (C=O) groups is 2. The van der Waals surface area contributed by atoms with Crippen LogP contribution in [0.3, 0.4) is 0 Å². The molecular formula is C23H20N4O5S.